The number of thiophene rings is 2. The molecule has 4 aromatic carbocycles. The van der Waals surface area contributed by atoms with E-state index in [1.807, 2.05) is 18.2 Å². The summed E-state index contributed by atoms with van der Waals surface area (Å²) >= 11 is 3.16. The van der Waals surface area contributed by atoms with Crippen molar-refractivity contribution in [2.75, 3.05) is 0 Å². The summed E-state index contributed by atoms with van der Waals surface area (Å²) < 4.78 is 70.6. The molecule has 164 valence electrons. The fourth-order valence-corrected chi connectivity index (χ4v) is 6.29. The van der Waals surface area contributed by atoms with Crippen LogP contribution in [0.1, 0.15) is 10.4 Å². The summed E-state index contributed by atoms with van der Waals surface area (Å²) in [7, 11) is 0. The van der Waals surface area contributed by atoms with Gasteiger partial charge in [-0.05, 0) is 76.2 Å². The minimum absolute atomic E-state index is 0.169. The Bertz CT molecular complexity index is 1700. The van der Waals surface area contributed by atoms with Crippen LogP contribution in [0.25, 0.3) is 41.7 Å². The Labute approximate surface area is 192 Å². The molecule has 2 heterocycles. The van der Waals surface area contributed by atoms with E-state index in [-0.39, 0.29) is 12.8 Å². The summed E-state index contributed by atoms with van der Waals surface area (Å²) in [5.41, 5.74) is -0.778. The molecule has 6 aromatic rings. The number of fused-ring (bicyclic) bond motifs is 6. The lowest BCUT2D eigenvalue weighted by atomic mass is 9.99. The van der Waals surface area contributed by atoms with Crippen LogP contribution in [0.5, 0.6) is 0 Å². The van der Waals surface area contributed by atoms with Gasteiger partial charge in [-0.15, -0.1) is 22.7 Å². The highest BCUT2D eigenvalue weighted by atomic mass is 32.1. The molecule has 0 bridgehead atoms. The molecule has 0 saturated heterocycles. The molecule has 6 rings (SSSR count). The molecule has 0 saturated carbocycles. The maximum absolute atomic E-state index is 14.0. The Hall–Kier alpha value is -3.03. The lowest BCUT2D eigenvalue weighted by Gasteiger charge is -2.07. The van der Waals surface area contributed by atoms with Crippen LogP contribution >= 0.6 is 22.7 Å². The third-order valence-electron chi connectivity index (χ3n) is 6.06. The van der Waals surface area contributed by atoms with E-state index in [1.54, 1.807) is 11.3 Å². The lowest BCUT2D eigenvalue weighted by Crippen LogP contribution is -2.08. The molecule has 0 spiro atoms. The van der Waals surface area contributed by atoms with Gasteiger partial charge in [-0.2, -0.15) is 0 Å². The van der Waals surface area contributed by atoms with Crippen molar-refractivity contribution in [1.29, 1.82) is 0 Å². The smallest absolute Gasteiger partial charge is 0.200 e. The van der Waals surface area contributed by atoms with Crippen molar-refractivity contribution >= 4 is 64.4 Å². The first-order valence-electron chi connectivity index (χ1n) is 10.2. The molecular weight excluding hydrogens is 471 g/mol. The van der Waals surface area contributed by atoms with Gasteiger partial charge in [0.1, 0.15) is 0 Å². The van der Waals surface area contributed by atoms with Crippen molar-refractivity contribution in [3.05, 3.63) is 93.4 Å². The van der Waals surface area contributed by atoms with Gasteiger partial charge in [0.05, 0.1) is 0 Å². The first-order valence-corrected chi connectivity index (χ1v) is 11.9. The van der Waals surface area contributed by atoms with Crippen molar-refractivity contribution in [1.82, 2.24) is 0 Å². The Kier molecular flexibility index (Phi) is 4.67. The maximum atomic E-state index is 14.0. The van der Waals surface area contributed by atoms with E-state index in [0.717, 1.165) is 31.1 Å². The number of hydrogen-bond donors (Lipinski definition) is 0. The van der Waals surface area contributed by atoms with Gasteiger partial charge < -0.3 is 0 Å². The van der Waals surface area contributed by atoms with E-state index >= 15 is 0 Å². The van der Waals surface area contributed by atoms with Gasteiger partial charge in [0.25, 0.3) is 0 Å². The zero-order chi connectivity index (χ0) is 22.9. The Balaban J connectivity index is 1.42. The van der Waals surface area contributed by atoms with Crippen LogP contribution in [0.3, 0.4) is 0 Å². The van der Waals surface area contributed by atoms with Crippen LogP contribution in [0.2, 0.25) is 0 Å². The standard InChI is InChI=1S/C26H13F5S2/c27-22-16(23(28)25(30)26(31)24(22)29)4-3-14-11-19-18-10-12-1-5-20-15(7-8-32-20)17(12)9-13(18)2-6-21(19)33-14/h1-2,5-11H,3-4H2. The Morgan fingerprint density at radius 3 is 1.85 bits per heavy atom. The third kappa shape index (κ3) is 3.14. The molecular formula is C26H13F5S2. The van der Waals surface area contributed by atoms with Crippen molar-refractivity contribution in [2.24, 2.45) is 0 Å². The zero-order valence-electron chi connectivity index (χ0n) is 16.8. The number of benzene rings is 4. The summed E-state index contributed by atoms with van der Waals surface area (Å²) in [6.45, 7) is 0. The average molecular weight is 485 g/mol. The minimum Gasteiger partial charge on any atom is -0.203 e. The van der Waals surface area contributed by atoms with Crippen molar-refractivity contribution in [2.45, 2.75) is 12.8 Å². The van der Waals surface area contributed by atoms with Gasteiger partial charge in [0.2, 0.25) is 5.82 Å². The molecule has 7 heteroatoms. The zero-order valence-corrected chi connectivity index (χ0v) is 18.4. The largest absolute Gasteiger partial charge is 0.203 e. The fourth-order valence-electron chi connectivity index (χ4n) is 4.41. The predicted molar refractivity (Wildman–Crippen MR) is 126 cm³/mol. The van der Waals surface area contributed by atoms with Gasteiger partial charge in [-0.25, -0.2) is 22.0 Å². The Morgan fingerprint density at radius 2 is 1.15 bits per heavy atom. The monoisotopic (exact) mass is 484 g/mol. The summed E-state index contributed by atoms with van der Waals surface area (Å²) in [4.78, 5) is 0.815. The minimum atomic E-state index is -2.13. The van der Waals surface area contributed by atoms with Gasteiger partial charge >= 0.3 is 0 Å². The Morgan fingerprint density at radius 1 is 0.545 bits per heavy atom. The van der Waals surface area contributed by atoms with E-state index in [4.69, 9.17) is 0 Å². The van der Waals surface area contributed by atoms with E-state index < -0.39 is 34.6 Å². The molecule has 0 radical (unpaired) electrons. The van der Waals surface area contributed by atoms with E-state index in [0.29, 0.717) is 0 Å². The first kappa shape index (κ1) is 20.6. The van der Waals surface area contributed by atoms with Gasteiger partial charge in [-0.1, -0.05) is 12.1 Å². The van der Waals surface area contributed by atoms with Crippen LogP contribution in [-0.2, 0) is 12.8 Å². The quantitative estimate of drug-likeness (QED) is 0.102. The molecule has 0 fully saturated rings. The fraction of sp³-hybridized carbons (Fsp3) is 0.0769. The second kappa shape index (κ2) is 7.50. The maximum Gasteiger partial charge on any atom is 0.200 e. The highest BCUT2D eigenvalue weighted by Gasteiger charge is 2.25. The third-order valence-corrected chi connectivity index (χ3v) is 8.10. The number of aryl methyl sites for hydroxylation is 1. The second-order valence-corrected chi connectivity index (χ2v) is 10.0. The summed E-state index contributed by atoms with van der Waals surface area (Å²) in [6, 6.07) is 16.6. The van der Waals surface area contributed by atoms with Crippen LogP contribution in [-0.4, -0.2) is 0 Å². The average Bonchev–Trinajstić information content (AvgIpc) is 3.47. The molecule has 0 atom stereocenters. The molecule has 0 N–H and O–H groups in total. The van der Waals surface area contributed by atoms with Crippen LogP contribution < -0.4 is 0 Å². The number of halogens is 5. The number of hydrogen-bond acceptors (Lipinski definition) is 2. The summed E-state index contributed by atoms with van der Waals surface area (Å²) in [5, 5.41) is 8.75. The molecule has 33 heavy (non-hydrogen) atoms. The van der Waals surface area contributed by atoms with Crippen LogP contribution in [0, 0.1) is 29.1 Å². The highest BCUT2D eigenvalue weighted by Crippen LogP contribution is 2.37. The van der Waals surface area contributed by atoms with Gasteiger partial charge in [-0.3, -0.25) is 0 Å². The summed E-state index contributed by atoms with van der Waals surface area (Å²) in [5.74, 6) is -9.46. The van der Waals surface area contributed by atoms with Crippen molar-refractivity contribution in [3.8, 4) is 0 Å². The molecule has 0 nitrogen and oxygen atoms in total. The molecule has 0 aliphatic carbocycles. The van der Waals surface area contributed by atoms with Crippen LogP contribution in [0.15, 0.2) is 53.9 Å². The predicted octanol–water partition coefficient (Wildman–Crippen LogP) is 8.90. The van der Waals surface area contributed by atoms with E-state index in [9.17, 15) is 22.0 Å². The van der Waals surface area contributed by atoms with Gasteiger partial charge in [0, 0.05) is 30.6 Å². The molecule has 2 aromatic heterocycles. The van der Waals surface area contributed by atoms with E-state index in [2.05, 4.69) is 35.7 Å². The number of rotatable bonds is 3. The lowest BCUT2D eigenvalue weighted by molar-refractivity contribution is 0.370. The molecule has 0 aliphatic heterocycles. The van der Waals surface area contributed by atoms with Crippen LogP contribution in [0.4, 0.5) is 22.0 Å². The SMILES string of the molecule is Fc1c(F)c(F)c(CCc2cc3c(ccc4cc5c(ccc6sccc65)cc43)s2)c(F)c1F. The highest BCUT2D eigenvalue weighted by molar-refractivity contribution is 7.19. The van der Waals surface area contributed by atoms with Crippen molar-refractivity contribution < 1.29 is 22.0 Å². The molecule has 0 amide bonds. The topological polar surface area (TPSA) is 0 Å². The summed E-state index contributed by atoms with van der Waals surface area (Å²) in [6.07, 6.45) is -0.113. The normalized spacial score (nSPS) is 12.0. The second-order valence-electron chi connectivity index (χ2n) is 7.93. The molecule has 0 unspecified atom stereocenters. The molecule has 0 aliphatic rings. The first-order chi connectivity index (χ1) is 15.9. The van der Waals surface area contributed by atoms with Crippen molar-refractivity contribution in [3.63, 3.8) is 0 Å². The van der Waals surface area contributed by atoms with Gasteiger partial charge in [0.15, 0.2) is 23.3 Å². The van der Waals surface area contributed by atoms with E-state index in [1.165, 1.54) is 26.8 Å².